The number of ether oxygens (including phenoxy) is 1. The Morgan fingerprint density at radius 2 is 2.22 bits per heavy atom. The van der Waals surface area contributed by atoms with E-state index in [1.54, 1.807) is 11.8 Å². The highest BCUT2D eigenvalue weighted by Gasteiger charge is 2.06. The van der Waals surface area contributed by atoms with Crippen LogP contribution < -0.4 is 15.8 Å². The van der Waals surface area contributed by atoms with Crippen molar-refractivity contribution in [3.63, 3.8) is 0 Å². The van der Waals surface area contributed by atoms with Crippen LogP contribution >= 0.6 is 11.8 Å². The van der Waals surface area contributed by atoms with Gasteiger partial charge in [-0.15, -0.1) is 0 Å². The normalized spacial score (nSPS) is 10.1. The number of carbonyl (C=O) groups is 1. The zero-order valence-corrected chi connectivity index (χ0v) is 11.5. The summed E-state index contributed by atoms with van der Waals surface area (Å²) in [6.07, 6.45) is 0.938. The van der Waals surface area contributed by atoms with Crippen molar-refractivity contribution in [3.05, 3.63) is 24.3 Å². The van der Waals surface area contributed by atoms with Crippen LogP contribution in [0, 0.1) is 0 Å². The van der Waals surface area contributed by atoms with Crippen LogP contribution in [0.4, 0.5) is 5.69 Å². The summed E-state index contributed by atoms with van der Waals surface area (Å²) in [7, 11) is 0. The van der Waals surface area contributed by atoms with Crippen LogP contribution in [0.25, 0.3) is 0 Å². The highest BCUT2D eigenvalue weighted by Crippen LogP contribution is 2.23. The molecule has 0 saturated heterocycles. The van der Waals surface area contributed by atoms with Crippen molar-refractivity contribution in [1.29, 1.82) is 0 Å². The largest absolute Gasteiger partial charge is 0.492 e. The van der Waals surface area contributed by atoms with Crippen LogP contribution in [0.2, 0.25) is 0 Å². The van der Waals surface area contributed by atoms with Crippen molar-refractivity contribution in [2.24, 2.45) is 5.73 Å². The van der Waals surface area contributed by atoms with Gasteiger partial charge >= 0.3 is 0 Å². The second-order valence-corrected chi connectivity index (χ2v) is 4.78. The van der Waals surface area contributed by atoms with Gasteiger partial charge in [0.1, 0.15) is 5.75 Å². The summed E-state index contributed by atoms with van der Waals surface area (Å²) in [5.74, 6) is 2.06. The highest BCUT2D eigenvalue weighted by molar-refractivity contribution is 7.99. The predicted octanol–water partition coefficient (Wildman–Crippen LogP) is 2.11. The van der Waals surface area contributed by atoms with E-state index in [0.29, 0.717) is 24.7 Å². The van der Waals surface area contributed by atoms with Gasteiger partial charge in [0, 0.05) is 0 Å². The molecule has 3 N–H and O–H groups in total. The van der Waals surface area contributed by atoms with E-state index in [4.69, 9.17) is 10.5 Å². The molecule has 1 rings (SSSR count). The number of anilines is 1. The molecule has 0 fully saturated rings. The highest BCUT2D eigenvalue weighted by atomic mass is 32.2. The molecule has 1 aromatic carbocycles. The van der Waals surface area contributed by atoms with Gasteiger partial charge in [0.25, 0.3) is 0 Å². The summed E-state index contributed by atoms with van der Waals surface area (Å²) in [6.45, 7) is 3.17. The first-order valence-corrected chi connectivity index (χ1v) is 7.23. The van der Waals surface area contributed by atoms with Crippen LogP contribution in [0.5, 0.6) is 5.75 Å². The van der Waals surface area contributed by atoms with E-state index in [-0.39, 0.29) is 5.91 Å². The molecule has 0 aliphatic heterocycles. The Morgan fingerprint density at radius 3 is 2.94 bits per heavy atom. The second kappa shape index (κ2) is 8.83. The van der Waals surface area contributed by atoms with E-state index in [1.807, 2.05) is 31.2 Å². The number of benzene rings is 1. The van der Waals surface area contributed by atoms with E-state index in [2.05, 4.69) is 5.32 Å². The van der Waals surface area contributed by atoms with E-state index in [9.17, 15) is 4.79 Å². The summed E-state index contributed by atoms with van der Waals surface area (Å²) in [5.41, 5.74) is 6.12. The van der Waals surface area contributed by atoms with Crippen molar-refractivity contribution in [2.45, 2.75) is 13.3 Å². The number of rotatable bonds is 8. The first-order valence-electron chi connectivity index (χ1n) is 6.07. The van der Waals surface area contributed by atoms with Gasteiger partial charge in [-0.05, 0) is 37.8 Å². The third kappa shape index (κ3) is 5.42. The van der Waals surface area contributed by atoms with Gasteiger partial charge < -0.3 is 15.8 Å². The Hall–Kier alpha value is -1.20. The smallest absolute Gasteiger partial charge is 0.234 e. The topological polar surface area (TPSA) is 64.3 Å². The van der Waals surface area contributed by atoms with Crippen molar-refractivity contribution < 1.29 is 9.53 Å². The van der Waals surface area contributed by atoms with Gasteiger partial charge in [0.15, 0.2) is 0 Å². The van der Waals surface area contributed by atoms with Gasteiger partial charge in [-0.3, -0.25) is 4.79 Å². The maximum absolute atomic E-state index is 11.7. The molecular formula is C13H20N2O2S. The summed E-state index contributed by atoms with van der Waals surface area (Å²) in [6, 6.07) is 7.45. The van der Waals surface area contributed by atoms with Crippen molar-refractivity contribution in [3.8, 4) is 5.75 Å². The number of thioether (sulfide) groups is 1. The van der Waals surface area contributed by atoms with Gasteiger partial charge in [0.2, 0.25) is 5.91 Å². The third-order valence-electron chi connectivity index (χ3n) is 2.19. The molecule has 0 unspecified atom stereocenters. The second-order valence-electron chi connectivity index (χ2n) is 3.67. The summed E-state index contributed by atoms with van der Waals surface area (Å²) >= 11 is 1.59. The molecule has 100 valence electrons. The van der Waals surface area contributed by atoms with Crippen LogP contribution in [0.3, 0.4) is 0 Å². The Balaban J connectivity index is 2.43. The van der Waals surface area contributed by atoms with E-state index in [1.165, 1.54) is 0 Å². The lowest BCUT2D eigenvalue weighted by Gasteiger charge is -2.10. The minimum Gasteiger partial charge on any atom is -0.492 e. The predicted molar refractivity (Wildman–Crippen MR) is 77.2 cm³/mol. The zero-order chi connectivity index (χ0) is 13.2. The fourth-order valence-electron chi connectivity index (χ4n) is 1.39. The van der Waals surface area contributed by atoms with Crippen LogP contribution in [0.15, 0.2) is 24.3 Å². The first kappa shape index (κ1) is 14.9. The Kier molecular flexibility index (Phi) is 7.29. The standard InChI is InChI=1S/C13H20N2O2S/c1-2-17-12-7-4-3-6-11(12)15-13(16)10-18-9-5-8-14/h3-4,6-7H,2,5,8-10,14H2,1H3,(H,15,16). The molecule has 0 heterocycles. The summed E-state index contributed by atoms with van der Waals surface area (Å²) in [4.78, 5) is 11.7. The lowest BCUT2D eigenvalue weighted by molar-refractivity contribution is -0.113. The maximum atomic E-state index is 11.7. The minimum atomic E-state index is -0.0100. The van der Waals surface area contributed by atoms with Gasteiger partial charge in [0.05, 0.1) is 18.0 Å². The van der Waals surface area contributed by atoms with Crippen molar-refractivity contribution in [1.82, 2.24) is 0 Å². The number of nitrogens with one attached hydrogen (secondary N) is 1. The zero-order valence-electron chi connectivity index (χ0n) is 10.6. The average molecular weight is 268 g/mol. The van der Waals surface area contributed by atoms with Crippen molar-refractivity contribution >= 4 is 23.4 Å². The summed E-state index contributed by atoms with van der Waals surface area (Å²) < 4.78 is 5.44. The SMILES string of the molecule is CCOc1ccccc1NC(=O)CSCCCN. The van der Waals surface area contributed by atoms with Crippen LogP contribution in [-0.4, -0.2) is 30.6 Å². The monoisotopic (exact) mass is 268 g/mol. The fourth-order valence-corrected chi connectivity index (χ4v) is 2.16. The van der Waals surface area contributed by atoms with Crippen LogP contribution in [0.1, 0.15) is 13.3 Å². The van der Waals surface area contributed by atoms with E-state index < -0.39 is 0 Å². The molecule has 1 amide bonds. The minimum absolute atomic E-state index is 0.0100. The van der Waals surface area contributed by atoms with E-state index in [0.717, 1.165) is 17.9 Å². The number of amides is 1. The fraction of sp³-hybridized carbons (Fsp3) is 0.462. The Bertz CT molecular complexity index is 372. The molecule has 0 aliphatic rings. The maximum Gasteiger partial charge on any atom is 0.234 e. The Labute approximate surface area is 112 Å². The molecule has 0 saturated carbocycles. The number of hydrogen-bond acceptors (Lipinski definition) is 4. The molecule has 0 aromatic heterocycles. The molecule has 18 heavy (non-hydrogen) atoms. The molecule has 0 spiro atoms. The lowest BCUT2D eigenvalue weighted by atomic mass is 10.3. The molecule has 1 aromatic rings. The number of hydrogen-bond donors (Lipinski definition) is 2. The molecule has 0 bridgehead atoms. The lowest BCUT2D eigenvalue weighted by Crippen LogP contribution is -2.15. The molecule has 0 radical (unpaired) electrons. The molecular weight excluding hydrogens is 248 g/mol. The first-order chi connectivity index (χ1) is 8.77. The van der Waals surface area contributed by atoms with E-state index >= 15 is 0 Å². The summed E-state index contributed by atoms with van der Waals surface area (Å²) in [5, 5.41) is 2.86. The molecule has 5 heteroatoms. The molecule has 0 atom stereocenters. The molecule has 4 nitrogen and oxygen atoms in total. The van der Waals surface area contributed by atoms with Gasteiger partial charge in [-0.25, -0.2) is 0 Å². The molecule has 0 aliphatic carbocycles. The van der Waals surface area contributed by atoms with Crippen molar-refractivity contribution in [2.75, 3.05) is 30.0 Å². The number of nitrogens with two attached hydrogens (primary N) is 1. The average Bonchev–Trinajstić information content (AvgIpc) is 2.37. The quantitative estimate of drug-likeness (QED) is 0.709. The van der Waals surface area contributed by atoms with Gasteiger partial charge in [-0.2, -0.15) is 11.8 Å². The number of carbonyl (C=O) groups excluding carboxylic acids is 1. The third-order valence-corrected chi connectivity index (χ3v) is 3.23. The Morgan fingerprint density at radius 1 is 1.44 bits per heavy atom. The van der Waals surface area contributed by atoms with Gasteiger partial charge in [-0.1, -0.05) is 12.1 Å². The van der Waals surface area contributed by atoms with Crippen LogP contribution in [-0.2, 0) is 4.79 Å². The number of para-hydroxylation sites is 2.